The molecule has 10 nitrogen and oxygen atoms in total. The summed E-state index contributed by atoms with van der Waals surface area (Å²) < 4.78 is 43.3. The zero-order valence-corrected chi connectivity index (χ0v) is 24.6. The van der Waals surface area contributed by atoms with Crippen molar-refractivity contribution in [2.45, 2.75) is 83.7 Å². The number of ether oxygens (including phenoxy) is 5. The first-order chi connectivity index (χ1) is 18.0. The minimum absolute atomic E-state index is 0.362. The summed E-state index contributed by atoms with van der Waals surface area (Å²) in [6.07, 6.45) is -0.758. The summed E-state index contributed by atoms with van der Waals surface area (Å²) in [6, 6.07) is 9.52. The van der Waals surface area contributed by atoms with E-state index in [0.29, 0.717) is 10.2 Å². The molecule has 2 rings (SSSR count). The van der Waals surface area contributed by atoms with Crippen molar-refractivity contribution in [3.05, 3.63) is 40.2 Å². The van der Waals surface area contributed by atoms with E-state index >= 15 is 0 Å². The molecule has 0 saturated carbocycles. The van der Waals surface area contributed by atoms with E-state index in [4.69, 9.17) is 23.7 Å². The molecular formula is C26H34O10SSe. The van der Waals surface area contributed by atoms with Crippen LogP contribution >= 0.6 is 0 Å². The molecule has 0 radical (unpaired) electrons. The van der Waals surface area contributed by atoms with Crippen LogP contribution < -0.4 is 4.46 Å². The molecule has 1 aliphatic rings. The standard InChI is InChI=1S/C26H34O10SSe/c1-6-7-9-14-22(38-20-12-10-8-11-13-20)37(31)26-25(35-19(5)30)24(34-18(4)29)23(33-17(3)28)21(36-26)15-32-16(2)27/h8,10-14,21,23-26H,6-7,9,15H2,1-5H3/b22-14-/t21-,23-,24+,25-,26+,37+/m1/s1. The van der Waals surface area contributed by atoms with Crippen LogP contribution in [-0.2, 0) is 53.7 Å². The van der Waals surface area contributed by atoms with Gasteiger partial charge in [-0.15, -0.1) is 0 Å². The second kappa shape index (κ2) is 15.8. The normalized spacial score (nSPS) is 24.1. The molecule has 0 bridgehead atoms. The Labute approximate surface area is 231 Å². The summed E-state index contributed by atoms with van der Waals surface area (Å²) in [4.78, 5) is 47.6. The molecule has 0 aliphatic carbocycles. The molecule has 0 aromatic heterocycles. The van der Waals surface area contributed by atoms with Crippen molar-refractivity contribution in [3.8, 4) is 0 Å². The van der Waals surface area contributed by atoms with Gasteiger partial charge in [0.25, 0.3) is 0 Å². The average molecular weight is 618 g/mol. The molecule has 1 aromatic rings. The van der Waals surface area contributed by atoms with Gasteiger partial charge in [-0.3, -0.25) is 0 Å². The van der Waals surface area contributed by atoms with Gasteiger partial charge in [-0.2, -0.15) is 0 Å². The van der Waals surface area contributed by atoms with Crippen LogP contribution in [0.25, 0.3) is 0 Å². The van der Waals surface area contributed by atoms with Crippen molar-refractivity contribution < 1.29 is 47.1 Å². The van der Waals surface area contributed by atoms with Gasteiger partial charge in [-0.25, -0.2) is 0 Å². The van der Waals surface area contributed by atoms with Crippen molar-refractivity contribution in [2.75, 3.05) is 6.61 Å². The number of carbonyl (C=O) groups is 4. The van der Waals surface area contributed by atoms with E-state index in [1.165, 1.54) is 6.92 Å². The first-order valence-corrected chi connectivity index (χ1v) is 15.1. The molecule has 1 aliphatic heterocycles. The molecule has 1 saturated heterocycles. The Hall–Kier alpha value is -2.53. The van der Waals surface area contributed by atoms with Crippen molar-refractivity contribution in [1.82, 2.24) is 0 Å². The Balaban J connectivity index is 2.56. The van der Waals surface area contributed by atoms with Crippen molar-refractivity contribution in [3.63, 3.8) is 0 Å². The molecular weight excluding hydrogens is 583 g/mol. The van der Waals surface area contributed by atoms with Crippen LogP contribution in [0.3, 0.4) is 0 Å². The monoisotopic (exact) mass is 618 g/mol. The van der Waals surface area contributed by atoms with Gasteiger partial charge in [0.1, 0.15) is 0 Å². The fourth-order valence-corrected chi connectivity index (χ4v) is 8.10. The van der Waals surface area contributed by atoms with Crippen LogP contribution in [0.2, 0.25) is 0 Å². The second-order valence-corrected chi connectivity index (χ2v) is 12.9. The van der Waals surface area contributed by atoms with Crippen molar-refractivity contribution >= 4 is 54.1 Å². The quantitative estimate of drug-likeness (QED) is 0.148. The molecule has 12 heteroatoms. The molecule has 0 amide bonds. The summed E-state index contributed by atoms with van der Waals surface area (Å²) in [5, 5.41) is 0. The second-order valence-electron chi connectivity index (χ2n) is 8.45. The number of rotatable bonds is 12. The van der Waals surface area contributed by atoms with Crippen LogP contribution in [0.15, 0.2) is 40.2 Å². The number of esters is 4. The van der Waals surface area contributed by atoms with Crippen LogP contribution in [0.1, 0.15) is 53.9 Å². The maximum atomic E-state index is 14.1. The molecule has 1 heterocycles. The van der Waals surface area contributed by atoms with Crippen LogP contribution in [0.5, 0.6) is 0 Å². The molecule has 0 N–H and O–H groups in total. The van der Waals surface area contributed by atoms with Crippen LogP contribution in [-0.4, -0.2) is 79.5 Å². The number of hydrogen-bond donors (Lipinski definition) is 0. The summed E-state index contributed by atoms with van der Waals surface area (Å²) in [5.41, 5.74) is -1.30. The van der Waals surface area contributed by atoms with E-state index in [0.717, 1.165) is 38.1 Å². The topological polar surface area (TPSA) is 132 Å². The predicted octanol–water partition coefficient (Wildman–Crippen LogP) is 1.88. The summed E-state index contributed by atoms with van der Waals surface area (Å²) in [6.45, 7) is 6.32. The molecule has 210 valence electrons. The van der Waals surface area contributed by atoms with E-state index in [2.05, 4.69) is 0 Å². The van der Waals surface area contributed by atoms with Gasteiger partial charge in [0.2, 0.25) is 0 Å². The Morgan fingerprint density at radius 1 is 0.895 bits per heavy atom. The molecule has 6 atom stereocenters. The number of hydrogen-bond acceptors (Lipinski definition) is 10. The third-order valence-corrected chi connectivity index (χ3v) is 9.86. The number of allylic oxidation sites excluding steroid dienone is 1. The van der Waals surface area contributed by atoms with Gasteiger partial charge in [0.05, 0.1) is 0 Å². The van der Waals surface area contributed by atoms with E-state index in [1.54, 1.807) is 0 Å². The van der Waals surface area contributed by atoms with Crippen LogP contribution in [0, 0.1) is 0 Å². The van der Waals surface area contributed by atoms with E-state index in [9.17, 15) is 23.4 Å². The van der Waals surface area contributed by atoms with Crippen molar-refractivity contribution in [1.29, 1.82) is 0 Å². The zero-order valence-electron chi connectivity index (χ0n) is 22.1. The Bertz CT molecular complexity index is 1030. The fourth-order valence-electron chi connectivity index (χ4n) is 3.67. The summed E-state index contributed by atoms with van der Waals surface area (Å²) >= 11 is -0.362. The molecule has 0 unspecified atom stereocenters. The Morgan fingerprint density at radius 2 is 1.47 bits per heavy atom. The van der Waals surface area contributed by atoms with Crippen LogP contribution in [0.4, 0.5) is 0 Å². The Kier molecular flexibility index (Phi) is 13.2. The fraction of sp³-hybridized carbons (Fsp3) is 0.538. The first kappa shape index (κ1) is 31.7. The van der Waals surface area contributed by atoms with Gasteiger partial charge in [0, 0.05) is 0 Å². The molecule has 38 heavy (non-hydrogen) atoms. The SMILES string of the molecule is CCCC/C=C(\[Se]c1ccccc1)[S@](=O)[C@@H]1O[C@H](COC(C)=O)[C@@H](OC(C)=O)[C@H](OC(C)=O)[C@H]1OC(C)=O. The van der Waals surface area contributed by atoms with E-state index in [1.807, 2.05) is 43.3 Å². The van der Waals surface area contributed by atoms with Crippen molar-refractivity contribution in [2.24, 2.45) is 0 Å². The van der Waals surface area contributed by atoms with Gasteiger partial charge in [-0.05, 0) is 0 Å². The molecule has 1 aromatic carbocycles. The van der Waals surface area contributed by atoms with Gasteiger partial charge < -0.3 is 0 Å². The predicted molar refractivity (Wildman–Crippen MR) is 140 cm³/mol. The maximum absolute atomic E-state index is 14.1. The Morgan fingerprint density at radius 3 is 2.03 bits per heavy atom. The number of carbonyl (C=O) groups excluding carboxylic acids is 4. The third-order valence-electron chi connectivity index (χ3n) is 5.19. The third kappa shape index (κ3) is 9.98. The minimum atomic E-state index is -1.88. The first-order valence-electron chi connectivity index (χ1n) is 12.2. The average Bonchev–Trinajstić information content (AvgIpc) is 2.84. The van der Waals surface area contributed by atoms with E-state index < -0.39 is 64.5 Å². The molecule has 0 spiro atoms. The molecule has 1 fully saturated rings. The van der Waals surface area contributed by atoms with Gasteiger partial charge in [0.15, 0.2) is 0 Å². The number of unbranched alkanes of at least 4 members (excludes halogenated alkanes) is 2. The van der Waals surface area contributed by atoms with Gasteiger partial charge >= 0.3 is 232 Å². The van der Waals surface area contributed by atoms with Gasteiger partial charge in [-0.1, -0.05) is 0 Å². The zero-order chi connectivity index (χ0) is 28.2. The number of benzene rings is 1. The summed E-state index contributed by atoms with van der Waals surface area (Å²) in [7, 11) is -1.88. The van der Waals surface area contributed by atoms with E-state index in [-0.39, 0.29) is 21.6 Å². The summed E-state index contributed by atoms with van der Waals surface area (Å²) in [5.74, 6) is -2.82.